The highest BCUT2D eigenvalue weighted by Crippen LogP contribution is 2.28. The Morgan fingerprint density at radius 2 is 2.33 bits per heavy atom. The lowest BCUT2D eigenvalue weighted by Gasteiger charge is -2.38. The van der Waals surface area contributed by atoms with Gasteiger partial charge in [0.15, 0.2) is 0 Å². The minimum absolute atomic E-state index is 0.0813. The van der Waals surface area contributed by atoms with Crippen LogP contribution in [0.25, 0.3) is 0 Å². The standard InChI is InChI=1S/C13H23N3OS/c1-9(2)16-5-6-17-12(8-16)13(15-14)11-4-7-18-10(11)3/h4,7,9,12-13,15H,5-6,8,14H2,1-3H3. The number of hydrogen-bond donors (Lipinski definition) is 2. The van der Waals surface area contributed by atoms with E-state index in [-0.39, 0.29) is 12.1 Å². The van der Waals surface area contributed by atoms with Gasteiger partial charge in [-0.05, 0) is 37.8 Å². The molecule has 2 atom stereocenters. The molecule has 5 heteroatoms. The van der Waals surface area contributed by atoms with E-state index in [0.717, 1.165) is 19.7 Å². The predicted molar refractivity (Wildman–Crippen MR) is 75.6 cm³/mol. The summed E-state index contributed by atoms with van der Waals surface area (Å²) in [4.78, 5) is 3.75. The molecular weight excluding hydrogens is 246 g/mol. The fraction of sp³-hybridized carbons (Fsp3) is 0.692. The van der Waals surface area contributed by atoms with Crippen molar-refractivity contribution in [3.05, 3.63) is 21.9 Å². The second kappa shape index (κ2) is 6.12. The molecule has 2 heterocycles. The van der Waals surface area contributed by atoms with Crippen LogP contribution in [0.2, 0.25) is 0 Å². The van der Waals surface area contributed by atoms with Gasteiger partial charge in [0, 0.05) is 24.0 Å². The van der Waals surface area contributed by atoms with E-state index >= 15 is 0 Å². The van der Waals surface area contributed by atoms with Gasteiger partial charge in [0.25, 0.3) is 0 Å². The summed E-state index contributed by atoms with van der Waals surface area (Å²) in [5.41, 5.74) is 4.19. The van der Waals surface area contributed by atoms with Crippen LogP contribution in [0.5, 0.6) is 0 Å². The van der Waals surface area contributed by atoms with Crippen LogP contribution >= 0.6 is 11.3 Å². The first kappa shape index (κ1) is 14.0. The summed E-state index contributed by atoms with van der Waals surface area (Å²) in [5.74, 6) is 5.74. The summed E-state index contributed by atoms with van der Waals surface area (Å²) < 4.78 is 5.91. The molecule has 0 aliphatic carbocycles. The molecular formula is C13H23N3OS. The minimum Gasteiger partial charge on any atom is -0.374 e. The van der Waals surface area contributed by atoms with Crippen LogP contribution in [0.1, 0.15) is 30.3 Å². The lowest BCUT2D eigenvalue weighted by molar-refractivity contribution is -0.0561. The predicted octanol–water partition coefficient (Wildman–Crippen LogP) is 1.67. The van der Waals surface area contributed by atoms with Gasteiger partial charge in [-0.25, -0.2) is 0 Å². The molecule has 0 radical (unpaired) electrons. The third-order valence-electron chi connectivity index (χ3n) is 3.64. The second-order valence-electron chi connectivity index (χ2n) is 5.07. The number of nitrogens with zero attached hydrogens (tertiary/aromatic N) is 1. The Morgan fingerprint density at radius 3 is 2.89 bits per heavy atom. The van der Waals surface area contributed by atoms with Crippen molar-refractivity contribution in [3.63, 3.8) is 0 Å². The summed E-state index contributed by atoms with van der Waals surface area (Å²) in [5, 5.41) is 2.11. The first-order chi connectivity index (χ1) is 8.63. The third-order valence-corrected chi connectivity index (χ3v) is 4.50. The highest BCUT2D eigenvalue weighted by Gasteiger charge is 2.30. The smallest absolute Gasteiger partial charge is 0.0910 e. The number of thiophene rings is 1. The van der Waals surface area contributed by atoms with Crippen molar-refractivity contribution in [2.24, 2.45) is 5.84 Å². The van der Waals surface area contributed by atoms with Crippen LogP contribution in [0.15, 0.2) is 11.4 Å². The number of morpholine rings is 1. The summed E-state index contributed by atoms with van der Waals surface area (Å²) in [7, 11) is 0. The molecule has 3 N–H and O–H groups in total. The zero-order chi connectivity index (χ0) is 13.1. The van der Waals surface area contributed by atoms with Crippen molar-refractivity contribution in [1.29, 1.82) is 0 Å². The van der Waals surface area contributed by atoms with Crippen molar-refractivity contribution < 1.29 is 4.74 Å². The fourth-order valence-corrected chi connectivity index (χ4v) is 3.23. The van der Waals surface area contributed by atoms with Crippen molar-refractivity contribution in [3.8, 4) is 0 Å². The van der Waals surface area contributed by atoms with Crippen molar-refractivity contribution in [2.45, 2.75) is 39.0 Å². The van der Waals surface area contributed by atoms with Gasteiger partial charge in [-0.1, -0.05) is 0 Å². The van der Waals surface area contributed by atoms with E-state index in [2.05, 4.69) is 42.5 Å². The van der Waals surface area contributed by atoms with Gasteiger partial charge in [0.2, 0.25) is 0 Å². The molecule has 1 aliphatic rings. The third kappa shape index (κ3) is 2.92. The van der Waals surface area contributed by atoms with Crippen molar-refractivity contribution >= 4 is 11.3 Å². The summed E-state index contributed by atoms with van der Waals surface area (Å²) >= 11 is 1.75. The Morgan fingerprint density at radius 1 is 1.56 bits per heavy atom. The van der Waals surface area contributed by atoms with Crippen molar-refractivity contribution in [1.82, 2.24) is 10.3 Å². The van der Waals surface area contributed by atoms with Crippen LogP contribution in [-0.2, 0) is 4.74 Å². The molecule has 0 bridgehead atoms. The second-order valence-corrected chi connectivity index (χ2v) is 6.19. The van der Waals surface area contributed by atoms with Crippen LogP contribution in [0.4, 0.5) is 0 Å². The normalized spacial score (nSPS) is 23.5. The molecule has 4 nitrogen and oxygen atoms in total. The van der Waals surface area contributed by atoms with Crippen LogP contribution in [-0.4, -0.2) is 36.7 Å². The molecule has 18 heavy (non-hydrogen) atoms. The number of hydrogen-bond acceptors (Lipinski definition) is 5. The number of rotatable bonds is 4. The van der Waals surface area contributed by atoms with Gasteiger partial charge in [-0.15, -0.1) is 11.3 Å². The van der Waals surface area contributed by atoms with E-state index in [1.54, 1.807) is 11.3 Å². The van der Waals surface area contributed by atoms with Gasteiger partial charge in [0.05, 0.1) is 18.8 Å². The topological polar surface area (TPSA) is 50.5 Å². The SMILES string of the molecule is Cc1sccc1C(NN)C1CN(C(C)C)CCO1. The summed E-state index contributed by atoms with van der Waals surface area (Å²) in [6.45, 7) is 9.31. The first-order valence-electron chi connectivity index (χ1n) is 6.49. The van der Waals surface area contributed by atoms with E-state index < -0.39 is 0 Å². The average Bonchev–Trinajstić information content (AvgIpc) is 2.77. The van der Waals surface area contributed by atoms with Gasteiger partial charge < -0.3 is 4.74 Å². The van der Waals surface area contributed by atoms with Gasteiger partial charge in [-0.2, -0.15) is 0 Å². The lowest BCUT2D eigenvalue weighted by Crippen LogP contribution is -2.51. The van der Waals surface area contributed by atoms with Crippen LogP contribution < -0.4 is 11.3 Å². The molecule has 2 unspecified atom stereocenters. The molecule has 1 fully saturated rings. The molecule has 0 saturated carbocycles. The van der Waals surface area contributed by atoms with E-state index in [9.17, 15) is 0 Å². The zero-order valence-electron chi connectivity index (χ0n) is 11.3. The maximum atomic E-state index is 5.91. The quantitative estimate of drug-likeness (QED) is 0.645. The van der Waals surface area contributed by atoms with Crippen molar-refractivity contribution in [2.75, 3.05) is 19.7 Å². The summed E-state index contributed by atoms with van der Waals surface area (Å²) in [6.07, 6.45) is 0.124. The molecule has 1 aromatic heterocycles. The number of aryl methyl sites for hydroxylation is 1. The number of hydrazine groups is 1. The van der Waals surface area contributed by atoms with E-state index in [4.69, 9.17) is 10.6 Å². The maximum Gasteiger partial charge on any atom is 0.0910 e. The molecule has 0 amide bonds. The number of nitrogens with two attached hydrogens (primary N) is 1. The number of nitrogens with one attached hydrogen (secondary N) is 1. The summed E-state index contributed by atoms with van der Waals surface area (Å²) in [6, 6.07) is 2.78. The Balaban J connectivity index is 2.11. The fourth-order valence-electron chi connectivity index (χ4n) is 2.48. The van der Waals surface area contributed by atoms with Crippen LogP contribution in [0, 0.1) is 6.92 Å². The molecule has 0 aromatic carbocycles. The van der Waals surface area contributed by atoms with E-state index in [1.807, 2.05) is 0 Å². The van der Waals surface area contributed by atoms with Crippen LogP contribution in [0.3, 0.4) is 0 Å². The zero-order valence-corrected chi connectivity index (χ0v) is 12.2. The lowest BCUT2D eigenvalue weighted by atomic mass is 10.0. The molecule has 1 saturated heterocycles. The highest BCUT2D eigenvalue weighted by atomic mass is 32.1. The Kier molecular flexibility index (Phi) is 4.75. The molecule has 0 spiro atoms. The average molecular weight is 269 g/mol. The Bertz CT molecular complexity index is 380. The maximum absolute atomic E-state index is 5.91. The molecule has 2 rings (SSSR count). The molecule has 1 aliphatic heterocycles. The van der Waals surface area contributed by atoms with Gasteiger partial charge in [-0.3, -0.25) is 16.2 Å². The largest absolute Gasteiger partial charge is 0.374 e. The Hall–Kier alpha value is -0.460. The van der Waals surface area contributed by atoms with E-state index in [0.29, 0.717) is 6.04 Å². The van der Waals surface area contributed by atoms with Gasteiger partial charge in [0.1, 0.15) is 0 Å². The first-order valence-corrected chi connectivity index (χ1v) is 7.37. The van der Waals surface area contributed by atoms with Gasteiger partial charge >= 0.3 is 0 Å². The molecule has 1 aromatic rings. The van der Waals surface area contributed by atoms with E-state index in [1.165, 1.54) is 10.4 Å². The monoisotopic (exact) mass is 269 g/mol. The minimum atomic E-state index is 0.0813. The highest BCUT2D eigenvalue weighted by molar-refractivity contribution is 7.10. The molecule has 102 valence electrons. The Labute approximate surface area is 113 Å². The number of ether oxygens (including phenoxy) is 1.